The minimum absolute atomic E-state index is 0.547. The molecule has 7 nitrogen and oxygen atoms in total. The molecule has 0 aliphatic carbocycles. The number of para-hydroxylation sites is 3. The summed E-state index contributed by atoms with van der Waals surface area (Å²) in [4.78, 5) is 25.7. The van der Waals surface area contributed by atoms with E-state index in [9.17, 15) is 0 Å². The highest BCUT2D eigenvalue weighted by molar-refractivity contribution is 6.19. The van der Waals surface area contributed by atoms with Crippen LogP contribution in [0.25, 0.3) is 112 Å². The zero-order valence-corrected chi connectivity index (χ0v) is 33.3. The molecule has 8 aromatic carbocycles. The maximum absolute atomic E-state index is 5.29. The zero-order chi connectivity index (χ0) is 41.0. The van der Waals surface area contributed by atoms with Gasteiger partial charge in [0.05, 0.1) is 33.5 Å². The molecule has 0 saturated heterocycles. The number of rotatable bonds is 7. The summed E-state index contributed by atoms with van der Waals surface area (Å²) in [7, 11) is 0. The Morgan fingerprint density at radius 3 is 1.19 bits per heavy atom. The van der Waals surface area contributed by atoms with Crippen LogP contribution in [0.15, 0.2) is 212 Å². The average Bonchev–Trinajstić information content (AvgIpc) is 3.86. The van der Waals surface area contributed by atoms with Gasteiger partial charge in [-0.2, -0.15) is 9.97 Å². The van der Waals surface area contributed by atoms with Crippen LogP contribution in [0.1, 0.15) is 0 Å². The Morgan fingerprint density at radius 1 is 0.258 bits per heavy atom. The summed E-state index contributed by atoms with van der Waals surface area (Å²) >= 11 is 0. The minimum Gasteiger partial charge on any atom is -0.309 e. The van der Waals surface area contributed by atoms with Crippen LogP contribution in [0.3, 0.4) is 0 Å². The van der Waals surface area contributed by atoms with E-state index in [1.807, 2.05) is 78.9 Å². The SMILES string of the molecule is c1ccc(-c2cc(-c3ccc(-c4nc(-c5ccccc5)nc(-n5c6ccccc6c6cc7c(cc65)c5ccccc5n7-c5ccccc5)n4)cc3)nc(-c3ccccc3)n2)cc1. The predicted octanol–water partition coefficient (Wildman–Crippen LogP) is 13.2. The molecule has 12 rings (SSSR count). The highest BCUT2D eigenvalue weighted by Gasteiger charge is 2.21. The number of benzene rings is 8. The van der Waals surface area contributed by atoms with Crippen molar-refractivity contribution in [3.63, 3.8) is 0 Å². The summed E-state index contributed by atoms with van der Waals surface area (Å²) in [5.74, 6) is 2.39. The highest BCUT2D eigenvalue weighted by Crippen LogP contribution is 2.40. The van der Waals surface area contributed by atoms with Crippen molar-refractivity contribution in [2.45, 2.75) is 0 Å². The van der Waals surface area contributed by atoms with Crippen molar-refractivity contribution in [3.8, 4) is 68.3 Å². The molecule has 0 saturated carbocycles. The fourth-order valence-electron chi connectivity index (χ4n) is 8.67. The Bertz CT molecular complexity index is 3540. The third-order valence-corrected chi connectivity index (χ3v) is 11.6. The molecule has 4 aromatic heterocycles. The van der Waals surface area contributed by atoms with Gasteiger partial charge in [0.15, 0.2) is 17.5 Å². The standard InChI is InChI=1S/C55H35N7/c1-5-17-36(18-6-1)46-35-47(57-52(56-46)38-19-7-2-8-20-38)37-29-31-40(32-30-37)54-58-53(39-21-9-3-10-22-39)59-55(60-54)62-49-28-16-14-26-43(49)45-33-50-44(34-51(45)62)42-25-13-15-27-48(42)61(50)41-23-11-4-12-24-41/h1-35H. The Kier molecular flexibility index (Phi) is 8.35. The molecule has 0 radical (unpaired) electrons. The van der Waals surface area contributed by atoms with Crippen LogP contribution >= 0.6 is 0 Å². The van der Waals surface area contributed by atoms with E-state index >= 15 is 0 Å². The van der Waals surface area contributed by atoms with E-state index in [2.05, 4.69) is 143 Å². The fraction of sp³-hybridized carbons (Fsp3) is 0. The van der Waals surface area contributed by atoms with Gasteiger partial charge in [0.2, 0.25) is 5.95 Å². The Balaban J connectivity index is 1.04. The molecule has 0 spiro atoms. The monoisotopic (exact) mass is 793 g/mol. The summed E-state index contributed by atoms with van der Waals surface area (Å²) in [6.07, 6.45) is 0. The Labute approximate surface area is 356 Å². The third kappa shape index (κ3) is 6.02. The lowest BCUT2D eigenvalue weighted by molar-refractivity contribution is 0.954. The molecule has 0 aliphatic rings. The van der Waals surface area contributed by atoms with Crippen LogP contribution in [-0.4, -0.2) is 34.1 Å². The first-order chi connectivity index (χ1) is 30.7. The molecule has 4 heterocycles. The van der Waals surface area contributed by atoms with E-state index in [1.165, 1.54) is 5.39 Å². The second-order valence-corrected chi connectivity index (χ2v) is 15.3. The van der Waals surface area contributed by atoms with E-state index < -0.39 is 0 Å². The first-order valence-corrected chi connectivity index (χ1v) is 20.7. The maximum Gasteiger partial charge on any atom is 0.238 e. The molecule has 62 heavy (non-hydrogen) atoms. The molecule has 0 atom stereocenters. The lowest BCUT2D eigenvalue weighted by atomic mass is 10.0. The first-order valence-electron chi connectivity index (χ1n) is 20.7. The lowest BCUT2D eigenvalue weighted by Crippen LogP contribution is -2.06. The van der Waals surface area contributed by atoms with Gasteiger partial charge in [-0.1, -0.05) is 170 Å². The van der Waals surface area contributed by atoms with Crippen LogP contribution in [0.5, 0.6) is 0 Å². The van der Waals surface area contributed by atoms with Crippen LogP contribution in [0.2, 0.25) is 0 Å². The van der Waals surface area contributed by atoms with Crippen molar-refractivity contribution < 1.29 is 0 Å². The largest absolute Gasteiger partial charge is 0.309 e. The lowest BCUT2D eigenvalue weighted by Gasteiger charge is -2.12. The number of nitrogens with zero attached hydrogens (tertiary/aromatic N) is 7. The van der Waals surface area contributed by atoms with Crippen molar-refractivity contribution in [1.82, 2.24) is 34.1 Å². The zero-order valence-electron chi connectivity index (χ0n) is 33.3. The van der Waals surface area contributed by atoms with Gasteiger partial charge < -0.3 is 4.57 Å². The second-order valence-electron chi connectivity index (χ2n) is 15.3. The van der Waals surface area contributed by atoms with Gasteiger partial charge in [-0.3, -0.25) is 4.57 Å². The predicted molar refractivity (Wildman–Crippen MR) is 251 cm³/mol. The maximum atomic E-state index is 5.29. The fourth-order valence-corrected chi connectivity index (χ4v) is 8.67. The number of fused-ring (bicyclic) bond motifs is 6. The molecule has 12 aromatic rings. The van der Waals surface area contributed by atoms with Gasteiger partial charge in [-0.25, -0.2) is 15.0 Å². The summed E-state index contributed by atoms with van der Waals surface area (Å²) in [6.45, 7) is 0. The van der Waals surface area contributed by atoms with E-state index in [4.69, 9.17) is 24.9 Å². The molecule has 0 aliphatic heterocycles. The minimum atomic E-state index is 0.547. The molecule has 290 valence electrons. The molecule has 7 heteroatoms. The van der Waals surface area contributed by atoms with Gasteiger partial charge in [-0.05, 0) is 42.5 Å². The van der Waals surface area contributed by atoms with Crippen molar-refractivity contribution >= 4 is 43.6 Å². The Hall–Kier alpha value is -8.55. The van der Waals surface area contributed by atoms with Crippen LogP contribution in [0, 0.1) is 0 Å². The summed E-state index contributed by atoms with van der Waals surface area (Å²) in [6, 6.07) is 73.2. The topological polar surface area (TPSA) is 74.3 Å². The summed E-state index contributed by atoms with van der Waals surface area (Å²) in [5.41, 5.74) is 11.9. The van der Waals surface area contributed by atoms with Gasteiger partial charge in [0.1, 0.15) is 0 Å². The van der Waals surface area contributed by atoms with E-state index in [-0.39, 0.29) is 0 Å². The van der Waals surface area contributed by atoms with Crippen molar-refractivity contribution in [1.29, 1.82) is 0 Å². The van der Waals surface area contributed by atoms with Crippen molar-refractivity contribution in [2.24, 2.45) is 0 Å². The van der Waals surface area contributed by atoms with Crippen LogP contribution < -0.4 is 0 Å². The second kappa shape index (κ2) is 14.6. The molecular formula is C55H35N7. The molecular weight excluding hydrogens is 759 g/mol. The van der Waals surface area contributed by atoms with Crippen LogP contribution in [0.4, 0.5) is 0 Å². The Morgan fingerprint density at radius 2 is 0.645 bits per heavy atom. The molecule has 0 bridgehead atoms. The first kappa shape index (κ1) is 35.4. The smallest absolute Gasteiger partial charge is 0.238 e. The van der Waals surface area contributed by atoms with Gasteiger partial charge in [0.25, 0.3) is 0 Å². The van der Waals surface area contributed by atoms with E-state index in [0.29, 0.717) is 23.4 Å². The third-order valence-electron chi connectivity index (χ3n) is 11.6. The van der Waals surface area contributed by atoms with Crippen LogP contribution in [-0.2, 0) is 0 Å². The van der Waals surface area contributed by atoms with Crippen molar-refractivity contribution in [2.75, 3.05) is 0 Å². The van der Waals surface area contributed by atoms with E-state index in [0.717, 1.165) is 83.1 Å². The summed E-state index contributed by atoms with van der Waals surface area (Å²) in [5, 5.41) is 4.58. The number of hydrogen-bond acceptors (Lipinski definition) is 5. The highest BCUT2D eigenvalue weighted by atomic mass is 15.2. The van der Waals surface area contributed by atoms with Crippen molar-refractivity contribution in [3.05, 3.63) is 212 Å². The molecule has 0 amide bonds. The normalized spacial score (nSPS) is 11.5. The van der Waals surface area contributed by atoms with Gasteiger partial charge >= 0.3 is 0 Å². The average molecular weight is 794 g/mol. The van der Waals surface area contributed by atoms with E-state index in [1.54, 1.807) is 0 Å². The number of aromatic nitrogens is 7. The molecule has 0 fully saturated rings. The molecule has 0 unspecified atom stereocenters. The summed E-state index contributed by atoms with van der Waals surface area (Å²) < 4.78 is 4.56. The molecule has 0 N–H and O–H groups in total. The van der Waals surface area contributed by atoms with Gasteiger partial charge in [-0.15, -0.1) is 0 Å². The quantitative estimate of drug-likeness (QED) is 0.161. The number of hydrogen-bond donors (Lipinski definition) is 0. The van der Waals surface area contributed by atoms with Gasteiger partial charge in [0, 0.05) is 55.0 Å².